The van der Waals surface area contributed by atoms with Gasteiger partial charge in [0.05, 0.1) is 14.2 Å². The number of hydrogen-bond acceptors (Lipinski definition) is 4. The van der Waals surface area contributed by atoms with Gasteiger partial charge in [-0.05, 0) is 11.2 Å². The second kappa shape index (κ2) is 3.71. The minimum atomic E-state index is 0.202. The van der Waals surface area contributed by atoms with Crippen LogP contribution in [0.4, 0.5) is 5.69 Å². The third-order valence-corrected chi connectivity index (χ3v) is 1.40. The van der Waals surface area contributed by atoms with E-state index in [9.17, 15) is 4.91 Å². The highest BCUT2D eigenvalue weighted by molar-refractivity contribution is 5.50. The Kier molecular flexibility index (Phi) is 2.63. The van der Waals surface area contributed by atoms with Gasteiger partial charge >= 0.3 is 0 Å². The van der Waals surface area contributed by atoms with Crippen LogP contribution in [-0.4, -0.2) is 14.2 Å². The number of rotatable bonds is 3. The summed E-state index contributed by atoms with van der Waals surface area (Å²) in [5.41, 5.74) is 0.202. The van der Waals surface area contributed by atoms with Crippen LogP contribution < -0.4 is 9.47 Å². The molecule has 0 heterocycles. The van der Waals surface area contributed by atoms with E-state index in [4.69, 9.17) is 9.47 Å². The molecule has 0 fully saturated rings. The van der Waals surface area contributed by atoms with Gasteiger partial charge in [-0.1, -0.05) is 0 Å². The molecular formula is C8H8NO3. The van der Waals surface area contributed by atoms with Crippen LogP contribution in [0.5, 0.6) is 11.5 Å². The predicted molar refractivity (Wildman–Crippen MR) is 43.8 cm³/mol. The van der Waals surface area contributed by atoms with Crippen molar-refractivity contribution in [1.82, 2.24) is 0 Å². The lowest BCUT2D eigenvalue weighted by Gasteiger charge is -2.05. The smallest absolute Gasteiger partial charge is 0.163 e. The lowest BCUT2D eigenvalue weighted by molar-refractivity contribution is 0.355. The van der Waals surface area contributed by atoms with Crippen LogP contribution in [0.2, 0.25) is 0 Å². The average Bonchev–Trinajstić information content (AvgIpc) is 2.16. The Balaban J connectivity index is 3.10. The summed E-state index contributed by atoms with van der Waals surface area (Å²) in [6, 6.07) is 5.60. The first-order valence-corrected chi connectivity index (χ1v) is 3.29. The van der Waals surface area contributed by atoms with Crippen LogP contribution in [0.15, 0.2) is 17.3 Å². The standard InChI is InChI=1S/C8H8NO3/c1-11-7-4-3-6(9-10)5-8(7)12-2/h4-5H,1-2H3. The molecule has 1 radical (unpaired) electrons. The molecule has 0 spiro atoms. The molecule has 63 valence electrons. The maximum absolute atomic E-state index is 10.1. The Morgan fingerprint density at radius 1 is 1.33 bits per heavy atom. The van der Waals surface area contributed by atoms with Gasteiger partial charge in [0.2, 0.25) is 0 Å². The number of nitroso groups, excluding NO2 is 1. The van der Waals surface area contributed by atoms with Crippen LogP contribution in [0, 0.1) is 11.0 Å². The first-order chi connectivity index (χ1) is 5.81. The molecule has 0 aliphatic carbocycles. The topological polar surface area (TPSA) is 47.9 Å². The summed E-state index contributed by atoms with van der Waals surface area (Å²) in [5.74, 6) is 1.01. The summed E-state index contributed by atoms with van der Waals surface area (Å²) in [4.78, 5) is 10.1. The fraction of sp³-hybridized carbons (Fsp3) is 0.250. The molecule has 0 aromatic heterocycles. The van der Waals surface area contributed by atoms with Crippen molar-refractivity contribution in [1.29, 1.82) is 0 Å². The monoisotopic (exact) mass is 166 g/mol. The van der Waals surface area contributed by atoms with E-state index in [2.05, 4.69) is 11.2 Å². The Labute approximate surface area is 70.1 Å². The molecule has 0 saturated carbocycles. The molecule has 12 heavy (non-hydrogen) atoms. The molecule has 0 aliphatic rings. The normalized spacial score (nSPS) is 9.17. The molecule has 4 heteroatoms. The van der Waals surface area contributed by atoms with E-state index in [-0.39, 0.29) is 5.69 Å². The first-order valence-electron chi connectivity index (χ1n) is 3.29. The number of nitrogens with zero attached hydrogens (tertiary/aromatic N) is 1. The Morgan fingerprint density at radius 2 is 2.00 bits per heavy atom. The van der Waals surface area contributed by atoms with Crippen molar-refractivity contribution in [3.63, 3.8) is 0 Å². The molecular weight excluding hydrogens is 158 g/mol. The van der Waals surface area contributed by atoms with E-state index in [1.807, 2.05) is 0 Å². The molecule has 1 aromatic carbocycles. The minimum Gasteiger partial charge on any atom is -0.493 e. The molecule has 4 nitrogen and oxygen atoms in total. The van der Waals surface area contributed by atoms with Crippen molar-refractivity contribution in [3.8, 4) is 11.5 Å². The SMILES string of the molecule is COc1c[c]c(N=O)cc1OC. The van der Waals surface area contributed by atoms with E-state index in [0.29, 0.717) is 11.5 Å². The highest BCUT2D eigenvalue weighted by Crippen LogP contribution is 2.30. The molecule has 0 aliphatic heterocycles. The Hall–Kier alpha value is -1.58. The van der Waals surface area contributed by atoms with Crippen molar-refractivity contribution in [2.24, 2.45) is 5.18 Å². The van der Waals surface area contributed by atoms with Gasteiger partial charge in [0.15, 0.2) is 11.5 Å². The molecule has 0 bridgehead atoms. The summed E-state index contributed by atoms with van der Waals surface area (Å²) >= 11 is 0. The predicted octanol–water partition coefficient (Wildman–Crippen LogP) is 1.90. The highest BCUT2D eigenvalue weighted by Gasteiger charge is 2.03. The van der Waals surface area contributed by atoms with Gasteiger partial charge in [0, 0.05) is 12.1 Å². The maximum atomic E-state index is 10.1. The number of hydrogen-bond donors (Lipinski definition) is 0. The van der Waals surface area contributed by atoms with Crippen molar-refractivity contribution in [2.45, 2.75) is 0 Å². The lowest BCUT2D eigenvalue weighted by Crippen LogP contribution is -1.89. The van der Waals surface area contributed by atoms with Gasteiger partial charge in [0.25, 0.3) is 0 Å². The van der Waals surface area contributed by atoms with E-state index < -0.39 is 0 Å². The summed E-state index contributed by atoms with van der Waals surface area (Å²) in [6.45, 7) is 0. The summed E-state index contributed by atoms with van der Waals surface area (Å²) < 4.78 is 9.87. The number of benzene rings is 1. The van der Waals surface area contributed by atoms with Gasteiger partial charge in [0.1, 0.15) is 5.69 Å². The second-order valence-electron chi connectivity index (χ2n) is 2.05. The quantitative estimate of drug-likeness (QED) is 0.644. The molecule has 0 amide bonds. The average molecular weight is 166 g/mol. The molecule has 1 rings (SSSR count). The lowest BCUT2D eigenvalue weighted by atomic mass is 10.3. The van der Waals surface area contributed by atoms with E-state index in [1.165, 1.54) is 26.4 Å². The fourth-order valence-corrected chi connectivity index (χ4v) is 0.819. The number of methoxy groups -OCH3 is 2. The number of ether oxygens (including phenoxy) is 2. The van der Waals surface area contributed by atoms with Crippen molar-refractivity contribution in [2.75, 3.05) is 14.2 Å². The first kappa shape index (κ1) is 8.52. The van der Waals surface area contributed by atoms with Crippen LogP contribution >= 0.6 is 0 Å². The fourth-order valence-electron chi connectivity index (χ4n) is 0.819. The van der Waals surface area contributed by atoms with Gasteiger partial charge in [-0.25, -0.2) is 0 Å². The third-order valence-electron chi connectivity index (χ3n) is 1.40. The zero-order chi connectivity index (χ0) is 8.97. The summed E-state index contributed by atoms with van der Waals surface area (Å²) in [5, 5.41) is 2.71. The largest absolute Gasteiger partial charge is 0.493 e. The molecule has 0 saturated heterocycles. The zero-order valence-electron chi connectivity index (χ0n) is 6.83. The van der Waals surface area contributed by atoms with Gasteiger partial charge in [-0.2, -0.15) is 0 Å². The molecule has 0 unspecified atom stereocenters. The second-order valence-corrected chi connectivity index (χ2v) is 2.05. The Morgan fingerprint density at radius 3 is 2.50 bits per heavy atom. The van der Waals surface area contributed by atoms with E-state index in [1.54, 1.807) is 0 Å². The van der Waals surface area contributed by atoms with Gasteiger partial charge < -0.3 is 9.47 Å². The molecule has 0 atom stereocenters. The van der Waals surface area contributed by atoms with Crippen molar-refractivity contribution < 1.29 is 9.47 Å². The van der Waals surface area contributed by atoms with Crippen LogP contribution in [0.25, 0.3) is 0 Å². The minimum absolute atomic E-state index is 0.202. The third kappa shape index (κ3) is 1.53. The van der Waals surface area contributed by atoms with Gasteiger partial charge in [-0.3, -0.25) is 0 Å². The van der Waals surface area contributed by atoms with Crippen LogP contribution in [0.3, 0.4) is 0 Å². The molecule has 1 aromatic rings. The van der Waals surface area contributed by atoms with Crippen molar-refractivity contribution in [3.05, 3.63) is 23.1 Å². The summed E-state index contributed by atoms with van der Waals surface area (Å²) in [7, 11) is 3.01. The van der Waals surface area contributed by atoms with Gasteiger partial charge in [-0.15, -0.1) is 4.91 Å². The van der Waals surface area contributed by atoms with Crippen LogP contribution in [0.1, 0.15) is 0 Å². The van der Waals surface area contributed by atoms with E-state index >= 15 is 0 Å². The summed E-state index contributed by atoms with van der Waals surface area (Å²) in [6.07, 6.45) is 0. The van der Waals surface area contributed by atoms with E-state index in [0.717, 1.165) is 0 Å². The Bertz CT molecular complexity index is 286. The zero-order valence-corrected chi connectivity index (χ0v) is 6.83. The molecule has 0 N–H and O–H groups in total. The van der Waals surface area contributed by atoms with Crippen molar-refractivity contribution >= 4 is 5.69 Å². The maximum Gasteiger partial charge on any atom is 0.163 e. The van der Waals surface area contributed by atoms with Crippen LogP contribution in [-0.2, 0) is 0 Å². The highest BCUT2D eigenvalue weighted by atomic mass is 16.5.